The Morgan fingerprint density at radius 1 is 1.32 bits per heavy atom. The highest BCUT2D eigenvalue weighted by molar-refractivity contribution is 5.30. The Kier molecular flexibility index (Phi) is 3.82. The molecule has 2 atom stereocenters. The minimum Gasteiger partial charge on any atom is -0.326 e. The van der Waals surface area contributed by atoms with Crippen LogP contribution in [0.2, 0.25) is 0 Å². The van der Waals surface area contributed by atoms with Gasteiger partial charge in [-0.15, -0.1) is 0 Å². The largest absolute Gasteiger partial charge is 0.419 e. The highest BCUT2D eigenvalue weighted by atomic mass is 19.4. The molecule has 1 aliphatic heterocycles. The molecule has 0 aromatic heterocycles. The van der Waals surface area contributed by atoms with E-state index in [2.05, 4.69) is 0 Å². The van der Waals surface area contributed by atoms with Gasteiger partial charge in [-0.25, -0.2) is 4.39 Å². The van der Waals surface area contributed by atoms with Crippen molar-refractivity contribution in [3.05, 3.63) is 35.1 Å². The number of nitrogens with two attached hydrogens (primary N) is 1. The summed E-state index contributed by atoms with van der Waals surface area (Å²) < 4.78 is 51.4. The number of nitrogens with zero attached hydrogens (tertiary/aromatic N) is 1. The fourth-order valence-electron chi connectivity index (χ4n) is 2.65. The second-order valence-electron chi connectivity index (χ2n) is 4.97. The molecule has 1 fully saturated rings. The van der Waals surface area contributed by atoms with Crippen molar-refractivity contribution in [1.29, 1.82) is 0 Å². The third-order valence-electron chi connectivity index (χ3n) is 3.57. The van der Waals surface area contributed by atoms with Gasteiger partial charge in [0.25, 0.3) is 0 Å². The maximum Gasteiger partial charge on any atom is 0.419 e. The van der Waals surface area contributed by atoms with Crippen LogP contribution in [0.4, 0.5) is 17.6 Å². The summed E-state index contributed by atoms with van der Waals surface area (Å²) in [6.07, 6.45) is -3.01. The quantitative estimate of drug-likeness (QED) is 0.799. The van der Waals surface area contributed by atoms with E-state index in [1.54, 1.807) is 0 Å². The van der Waals surface area contributed by atoms with Crippen molar-refractivity contribution in [3.8, 4) is 0 Å². The lowest BCUT2D eigenvalue weighted by Gasteiger charge is -2.37. The average Bonchev–Trinajstić information content (AvgIpc) is 2.29. The minimum atomic E-state index is -4.68. The predicted octanol–water partition coefficient (Wildman–Crippen LogP) is 2.94. The number of halogens is 4. The zero-order valence-electron chi connectivity index (χ0n) is 10.5. The number of piperidine rings is 1. The molecule has 1 aromatic carbocycles. The molecule has 0 radical (unpaired) electrons. The van der Waals surface area contributed by atoms with Crippen molar-refractivity contribution in [2.75, 3.05) is 13.6 Å². The number of alkyl halides is 3. The Balaban J connectivity index is 2.40. The van der Waals surface area contributed by atoms with E-state index in [1.807, 2.05) is 11.9 Å². The molecular weight excluding hydrogens is 260 g/mol. The number of likely N-dealkylation sites (N-methyl/N-ethyl adjacent to an activating group) is 1. The lowest BCUT2D eigenvalue weighted by atomic mass is 9.90. The van der Waals surface area contributed by atoms with Crippen molar-refractivity contribution >= 4 is 0 Å². The maximum absolute atomic E-state index is 13.3. The summed E-state index contributed by atoms with van der Waals surface area (Å²) in [5.74, 6) is -1.25. The summed E-state index contributed by atoms with van der Waals surface area (Å²) in [5, 5.41) is 0. The summed E-state index contributed by atoms with van der Waals surface area (Å²) in [6, 6.07) is 2.60. The van der Waals surface area contributed by atoms with E-state index >= 15 is 0 Å². The molecule has 19 heavy (non-hydrogen) atoms. The summed E-state index contributed by atoms with van der Waals surface area (Å²) >= 11 is 0. The number of rotatable bonds is 1. The van der Waals surface area contributed by atoms with E-state index in [0.717, 1.165) is 31.5 Å². The van der Waals surface area contributed by atoms with Gasteiger partial charge < -0.3 is 5.73 Å². The smallest absolute Gasteiger partial charge is 0.326 e. The van der Waals surface area contributed by atoms with Crippen molar-refractivity contribution in [2.24, 2.45) is 5.73 Å². The molecule has 0 bridgehead atoms. The van der Waals surface area contributed by atoms with Gasteiger partial charge in [-0.05, 0) is 44.1 Å². The Labute approximate surface area is 109 Å². The van der Waals surface area contributed by atoms with Gasteiger partial charge in [0.2, 0.25) is 0 Å². The molecule has 6 heteroatoms. The summed E-state index contributed by atoms with van der Waals surface area (Å²) in [5.41, 5.74) is 5.18. The summed E-state index contributed by atoms with van der Waals surface area (Å²) in [4.78, 5) is 1.92. The Hall–Kier alpha value is -1.14. The maximum atomic E-state index is 13.3. The first-order valence-electron chi connectivity index (χ1n) is 6.13. The minimum absolute atomic E-state index is 0.231. The molecule has 106 valence electrons. The van der Waals surface area contributed by atoms with Gasteiger partial charge in [0, 0.05) is 12.1 Å². The lowest BCUT2D eigenvalue weighted by molar-refractivity contribution is -0.140. The van der Waals surface area contributed by atoms with Gasteiger partial charge >= 0.3 is 6.18 Å². The standard InChI is InChI=1S/C13H16F4N2/c1-19-6-2-3-11(18)12(19)8-4-5-10(14)9(7-8)13(15,16)17/h4-5,7,11-12H,2-3,6,18H2,1H3. The Bertz CT molecular complexity index is 448. The van der Waals surface area contributed by atoms with Crippen LogP contribution in [0, 0.1) is 5.82 Å². The average molecular weight is 276 g/mol. The molecular formula is C13H16F4N2. The molecule has 1 heterocycles. The molecule has 0 spiro atoms. The molecule has 1 saturated heterocycles. The topological polar surface area (TPSA) is 29.3 Å². The van der Waals surface area contributed by atoms with Crippen LogP contribution in [0.1, 0.15) is 30.0 Å². The van der Waals surface area contributed by atoms with Gasteiger partial charge in [-0.1, -0.05) is 6.07 Å². The lowest BCUT2D eigenvalue weighted by Crippen LogP contribution is -2.43. The van der Waals surface area contributed by atoms with Gasteiger partial charge in [-0.2, -0.15) is 13.2 Å². The molecule has 2 rings (SSSR count). The highest BCUT2D eigenvalue weighted by Crippen LogP contribution is 2.35. The monoisotopic (exact) mass is 276 g/mol. The van der Waals surface area contributed by atoms with Crippen LogP contribution >= 0.6 is 0 Å². The molecule has 2 unspecified atom stereocenters. The van der Waals surface area contributed by atoms with Crippen molar-refractivity contribution in [2.45, 2.75) is 31.1 Å². The normalized spacial score (nSPS) is 25.6. The number of hydrogen-bond acceptors (Lipinski definition) is 2. The summed E-state index contributed by atoms with van der Waals surface area (Å²) in [7, 11) is 1.82. The van der Waals surface area contributed by atoms with Crippen LogP contribution in [0.5, 0.6) is 0 Å². The second-order valence-corrected chi connectivity index (χ2v) is 4.97. The predicted molar refractivity (Wildman–Crippen MR) is 64.0 cm³/mol. The van der Waals surface area contributed by atoms with E-state index < -0.39 is 17.6 Å². The fourth-order valence-corrected chi connectivity index (χ4v) is 2.65. The second kappa shape index (κ2) is 5.09. The number of hydrogen-bond donors (Lipinski definition) is 1. The van der Waals surface area contributed by atoms with Crippen LogP contribution in [-0.4, -0.2) is 24.5 Å². The van der Waals surface area contributed by atoms with E-state index in [0.29, 0.717) is 5.56 Å². The van der Waals surface area contributed by atoms with Crippen molar-refractivity contribution < 1.29 is 17.6 Å². The number of likely N-dealkylation sites (tertiary alicyclic amines) is 1. The molecule has 2 nitrogen and oxygen atoms in total. The highest BCUT2D eigenvalue weighted by Gasteiger charge is 2.36. The van der Waals surface area contributed by atoms with Gasteiger partial charge in [-0.3, -0.25) is 4.90 Å². The van der Waals surface area contributed by atoms with Crippen LogP contribution < -0.4 is 5.73 Å². The Morgan fingerprint density at radius 3 is 2.58 bits per heavy atom. The SMILES string of the molecule is CN1CCCC(N)C1c1ccc(F)c(C(F)(F)F)c1. The zero-order chi connectivity index (χ0) is 14.2. The number of benzene rings is 1. The molecule has 0 amide bonds. The Morgan fingerprint density at radius 2 is 2.00 bits per heavy atom. The molecule has 1 aliphatic rings. The van der Waals surface area contributed by atoms with Gasteiger partial charge in [0.05, 0.1) is 5.56 Å². The van der Waals surface area contributed by atoms with Crippen LogP contribution in [0.3, 0.4) is 0 Å². The molecule has 1 aromatic rings. The van der Waals surface area contributed by atoms with E-state index in [1.165, 1.54) is 6.07 Å². The zero-order valence-corrected chi connectivity index (χ0v) is 10.5. The first-order chi connectivity index (χ1) is 8.80. The van der Waals surface area contributed by atoms with Crippen molar-refractivity contribution in [1.82, 2.24) is 4.90 Å². The first-order valence-corrected chi connectivity index (χ1v) is 6.13. The van der Waals surface area contributed by atoms with Crippen LogP contribution in [0.15, 0.2) is 18.2 Å². The van der Waals surface area contributed by atoms with Crippen LogP contribution in [0.25, 0.3) is 0 Å². The van der Waals surface area contributed by atoms with Crippen LogP contribution in [-0.2, 0) is 6.18 Å². The van der Waals surface area contributed by atoms with E-state index in [4.69, 9.17) is 5.73 Å². The first kappa shape index (κ1) is 14.3. The van der Waals surface area contributed by atoms with Gasteiger partial charge in [0.1, 0.15) is 5.82 Å². The van der Waals surface area contributed by atoms with Crippen molar-refractivity contribution in [3.63, 3.8) is 0 Å². The van der Waals surface area contributed by atoms with Gasteiger partial charge in [0.15, 0.2) is 0 Å². The summed E-state index contributed by atoms with van der Waals surface area (Å²) in [6.45, 7) is 0.775. The third-order valence-corrected chi connectivity index (χ3v) is 3.57. The van der Waals surface area contributed by atoms with E-state index in [-0.39, 0.29) is 12.1 Å². The molecule has 0 saturated carbocycles. The fraction of sp³-hybridized carbons (Fsp3) is 0.538. The van der Waals surface area contributed by atoms with E-state index in [9.17, 15) is 17.6 Å². The third kappa shape index (κ3) is 2.90. The molecule has 0 aliphatic carbocycles. The molecule has 2 N–H and O–H groups in total.